The molecule has 2 aromatic heterocycles. The molecule has 1 aromatic carbocycles. The molecule has 0 saturated carbocycles. The molecule has 0 saturated heterocycles. The highest BCUT2D eigenvalue weighted by atomic mass is 32.1. The summed E-state index contributed by atoms with van der Waals surface area (Å²) in [5, 5.41) is 7.71. The minimum absolute atomic E-state index is 0.622. The molecule has 0 spiro atoms. The third kappa shape index (κ3) is 2.88. The largest absolute Gasteiger partial charge is 0.494 e. The number of fused-ring (bicyclic) bond motifs is 1. The topological polar surface area (TPSA) is 73.1 Å². The van der Waals surface area contributed by atoms with E-state index in [9.17, 15) is 0 Å². The van der Waals surface area contributed by atoms with Crippen molar-refractivity contribution in [2.75, 3.05) is 18.5 Å². The molecule has 1 N–H and O–H groups in total. The minimum atomic E-state index is 0.622. The van der Waals surface area contributed by atoms with Crippen LogP contribution in [-0.4, -0.2) is 28.3 Å². The summed E-state index contributed by atoms with van der Waals surface area (Å²) in [6.45, 7) is 3.35. The van der Waals surface area contributed by atoms with Crippen molar-refractivity contribution in [3.8, 4) is 5.75 Å². The smallest absolute Gasteiger partial charge is 0.228 e. The highest BCUT2D eigenvalue weighted by Crippen LogP contribution is 2.29. The first-order chi connectivity index (χ1) is 9.85. The third-order valence-corrected chi connectivity index (χ3v) is 3.67. The number of nitrogens with one attached hydrogen (secondary N) is 1. The summed E-state index contributed by atoms with van der Waals surface area (Å²) < 4.78 is 11.5. The van der Waals surface area contributed by atoms with E-state index in [0.717, 1.165) is 21.1 Å². The van der Waals surface area contributed by atoms with Gasteiger partial charge in [0.1, 0.15) is 5.75 Å². The van der Waals surface area contributed by atoms with Crippen LogP contribution in [-0.2, 0) is 6.42 Å². The lowest BCUT2D eigenvalue weighted by molar-refractivity contribution is 0.341. The van der Waals surface area contributed by atoms with Gasteiger partial charge < -0.3 is 14.6 Å². The first-order valence-corrected chi connectivity index (χ1v) is 7.19. The summed E-state index contributed by atoms with van der Waals surface area (Å²) in [7, 11) is 0. The van der Waals surface area contributed by atoms with Crippen LogP contribution in [0.25, 0.3) is 10.2 Å². The molecule has 20 heavy (non-hydrogen) atoms. The fourth-order valence-electron chi connectivity index (χ4n) is 1.82. The lowest BCUT2D eigenvalue weighted by Gasteiger charge is -2.00. The lowest BCUT2D eigenvalue weighted by Crippen LogP contribution is -2.04. The predicted molar refractivity (Wildman–Crippen MR) is 77.3 cm³/mol. The second-order valence-electron chi connectivity index (χ2n) is 4.09. The van der Waals surface area contributed by atoms with E-state index in [1.807, 2.05) is 25.1 Å². The van der Waals surface area contributed by atoms with Crippen LogP contribution in [0.3, 0.4) is 0 Å². The Morgan fingerprint density at radius 3 is 3.15 bits per heavy atom. The average Bonchev–Trinajstić information content (AvgIpc) is 3.07. The molecule has 0 aliphatic carbocycles. The molecule has 3 rings (SSSR count). The Labute approximate surface area is 119 Å². The van der Waals surface area contributed by atoms with Gasteiger partial charge in [0.2, 0.25) is 5.89 Å². The number of rotatable bonds is 6. The van der Waals surface area contributed by atoms with Gasteiger partial charge in [-0.2, -0.15) is 4.98 Å². The molecule has 0 fully saturated rings. The number of hydrogen-bond acceptors (Lipinski definition) is 7. The maximum atomic E-state index is 5.48. The van der Waals surface area contributed by atoms with Crippen LogP contribution in [0.2, 0.25) is 0 Å². The van der Waals surface area contributed by atoms with Gasteiger partial charge in [-0.05, 0) is 25.1 Å². The second kappa shape index (κ2) is 5.87. The molecule has 0 amide bonds. The van der Waals surface area contributed by atoms with E-state index in [4.69, 9.17) is 9.26 Å². The summed E-state index contributed by atoms with van der Waals surface area (Å²) in [6.07, 6.45) is 2.09. The molecule has 0 atom stereocenters. The van der Waals surface area contributed by atoms with Crippen LogP contribution < -0.4 is 10.1 Å². The van der Waals surface area contributed by atoms with Gasteiger partial charge in [0.15, 0.2) is 11.5 Å². The van der Waals surface area contributed by atoms with E-state index < -0.39 is 0 Å². The van der Waals surface area contributed by atoms with Crippen LogP contribution >= 0.6 is 11.3 Å². The van der Waals surface area contributed by atoms with Crippen LogP contribution in [0, 0.1) is 0 Å². The molecule has 6 nitrogen and oxygen atoms in total. The van der Waals surface area contributed by atoms with Crippen molar-refractivity contribution in [2.24, 2.45) is 0 Å². The number of ether oxygens (including phenoxy) is 1. The maximum absolute atomic E-state index is 5.48. The zero-order chi connectivity index (χ0) is 13.8. The summed E-state index contributed by atoms with van der Waals surface area (Å²) >= 11 is 1.61. The van der Waals surface area contributed by atoms with Crippen molar-refractivity contribution in [1.82, 2.24) is 15.1 Å². The quantitative estimate of drug-likeness (QED) is 0.752. The number of anilines is 1. The molecular weight excluding hydrogens is 276 g/mol. The van der Waals surface area contributed by atoms with Crippen molar-refractivity contribution in [3.05, 3.63) is 30.4 Å². The van der Waals surface area contributed by atoms with Crippen LogP contribution in [0.1, 0.15) is 12.8 Å². The molecule has 0 unspecified atom stereocenters. The molecule has 0 bridgehead atoms. The second-order valence-corrected chi connectivity index (χ2v) is 5.12. The molecule has 0 radical (unpaired) electrons. The highest BCUT2D eigenvalue weighted by Gasteiger charge is 2.05. The Bertz CT molecular complexity index is 681. The molecule has 2 heterocycles. The van der Waals surface area contributed by atoms with Crippen LogP contribution in [0.15, 0.2) is 29.0 Å². The summed E-state index contributed by atoms with van der Waals surface area (Å²) in [5.41, 5.74) is 0.971. The highest BCUT2D eigenvalue weighted by molar-refractivity contribution is 7.22. The zero-order valence-electron chi connectivity index (χ0n) is 11.0. The number of benzene rings is 1. The fraction of sp³-hybridized carbons (Fsp3) is 0.308. The van der Waals surface area contributed by atoms with E-state index in [0.29, 0.717) is 25.5 Å². The summed E-state index contributed by atoms with van der Waals surface area (Å²) in [6, 6.07) is 5.92. The molecule has 0 aliphatic heterocycles. The third-order valence-electron chi connectivity index (χ3n) is 2.69. The van der Waals surface area contributed by atoms with E-state index in [2.05, 4.69) is 20.4 Å². The van der Waals surface area contributed by atoms with Gasteiger partial charge in [-0.1, -0.05) is 16.5 Å². The van der Waals surface area contributed by atoms with Gasteiger partial charge in [0.05, 0.1) is 16.8 Å². The standard InChI is InChI=1S/C13H14N4O2S/c1-2-18-9-3-4-10-11(7-9)20-13(17-10)14-6-5-12-15-8-16-19-12/h3-4,7-8H,2,5-6H2,1H3,(H,14,17). The Balaban J connectivity index is 1.66. The Morgan fingerprint density at radius 2 is 2.35 bits per heavy atom. The number of nitrogens with zero attached hydrogens (tertiary/aromatic N) is 3. The first-order valence-electron chi connectivity index (χ1n) is 6.38. The van der Waals surface area contributed by atoms with Gasteiger partial charge in [-0.15, -0.1) is 0 Å². The van der Waals surface area contributed by atoms with Crippen molar-refractivity contribution >= 4 is 26.7 Å². The Morgan fingerprint density at radius 1 is 1.40 bits per heavy atom. The molecule has 104 valence electrons. The lowest BCUT2D eigenvalue weighted by atomic mass is 10.3. The minimum Gasteiger partial charge on any atom is -0.494 e. The van der Waals surface area contributed by atoms with Crippen molar-refractivity contribution in [3.63, 3.8) is 0 Å². The normalized spacial score (nSPS) is 10.8. The molecule has 3 aromatic rings. The van der Waals surface area contributed by atoms with E-state index in [1.54, 1.807) is 11.3 Å². The van der Waals surface area contributed by atoms with Crippen molar-refractivity contribution < 1.29 is 9.26 Å². The summed E-state index contributed by atoms with van der Waals surface area (Å²) in [5.74, 6) is 1.50. The maximum Gasteiger partial charge on any atom is 0.228 e. The molecule has 0 aliphatic rings. The van der Waals surface area contributed by atoms with E-state index in [1.165, 1.54) is 6.33 Å². The van der Waals surface area contributed by atoms with Gasteiger partial charge in [0.25, 0.3) is 0 Å². The van der Waals surface area contributed by atoms with Gasteiger partial charge >= 0.3 is 0 Å². The summed E-state index contributed by atoms with van der Waals surface area (Å²) in [4.78, 5) is 8.49. The number of thiazole rings is 1. The zero-order valence-corrected chi connectivity index (χ0v) is 11.8. The Hall–Kier alpha value is -2.15. The van der Waals surface area contributed by atoms with E-state index >= 15 is 0 Å². The van der Waals surface area contributed by atoms with E-state index in [-0.39, 0.29) is 0 Å². The van der Waals surface area contributed by atoms with Gasteiger partial charge in [-0.3, -0.25) is 0 Å². The van der Waals surface area contributed by atoms with Crippen molar-refractivity contribution in [1.29, 1.82) is 0 Å². The number of aromatic nitrogens is 3. The van der Waals surface area contributed by atoms with Crippen molar-refractivity contribution in [2.45, 2.75) is 13.3 Å². The molecule has 7 heteroatoms. The number of hydrogen-bond donors (Lipinski definition) is 1. The van der Waals surface area contributed by atoms with Gasteiger partial charge in [-0.25, -0.2) is 4.98 Å². The van der Waals surface area contributed by atoms with Crippen LogP contribution in [0.4, 0.5) is 5.13 Å². The first kappa shape index (κ1) is 12.9. The SMILES string of the molecule is CCOc1ccc2nc(NCCc3ncno3)sc2c1. The predicted octanol–water partition coefficient (Wildman–Crippen LogP) is 2.73. The average molecular weight is 290 g/mol. The fourth-order valence-corrected chi connectivity index (χ4v) is 2.74. The Kier molecular flexibility index (Phi) is 3.78. The monoisotopic (exact) mass is 290 g/mol. The van der Waals surface area contributed by atoms with Gasteiger partial charge in [0, 0.05) is 13.0 Å². The van der Waals surface area contributed by atoms with Crippen LogP contribution in [0.5, 0.6) is 5.75 Å². The molecular formula is C13H14N4O2S.